The second-order valence-corrected chi connectivity index (χ2v) is 4.24. The molecule has 1 unspecified atom stereocenters. The van der Waals surface area contributed by atoms with Gasteiger partial charge in [0.05, 0.1) is 0 Å². The Balaban J connectivity index is 2.41. The van der Waals surface area contributed by atoms with Gasteiger partial charge in [-0.3, -0.25) is 0 Å². The first-order chi connectivity index (χ1) is 6.50. The highest BCUT2D eigenvalue weighted by Gasteiger charge is 2.39. The molecule has 2 nitrogen and oxygen atoms in total. The summed E-state index contributed by atoms with van der Waals surface area (Å²) in [6.45, 7) is 0. The first-order valence-corrected chi connectivity index (χ1v) is 5.41. The minimum atomic E-state index is -4.79. The summed E-state index contributed by atoms with van der Waals surface area (Å²) in [5.41, 5.74) is -3.97. The van der Waals surface area contributed by atoms with Crippen LogP contribution in [0.1, 0.15) is 32.1 Å². The molecule has 0 N–H and O–H groups in total. The van der Waals surface area contributed by atoms with E-state index in [1.54, 1.807) is 0 Å². The van der Waals surface area contributed by atoms with E-state index in [0.29, 0.717) is 0 Å². The van der Waals surface area contributed by atoms with Crippen LogP contribution in [0.3, 0.4) is 0 Å². The third-order valence-corrected chi connectivity index (χ3v) is 2.64. The van der Waals surface area contributed by atoms with E-state index < -0.39 is 16.6 Å². The molecule has 0 aromatic rings. The van der Waals surface area contributed by atoms with Gasteiger partial charge in [0.25, 0.3) is 0 Å². The van der Waals surface area contributed by atoms with E-state index in [-0.39, 0.29) is 0 Å². The number of hydrogen-bond acceptors (Lipinski definition) is 2. The molecule has 0 heterocycles. The monoisotopic (exact) mass is 228 g/mol. The highest BCUT2D eigenvalue weighted by Crippen LogP contribution is 2.25. The molecule has 0 spiro atoms. The highest BCUT2D eigenvalue weighted by atomic mass is 32.2. The number of halogens is 3. The van der Waals surface area contributed by atoms with Crippen molar-refractivity contribution in [1.29, 1.82) is 0 Å². The fourth-order valence-corrected chi connectivity index (χ4v) is 1.62. The second kappa shape index (κ2) is 4.82. The zero-order valence-electron chi connectivity index (χ0n) is 7.47. The van der Waals surface area contributed by atoms with Gasteiger partial charge in [0.15, 0.2) is 0 Å². The summed E-state index contributed by atoms with van der Waals surface area (Å²) in [5, 5.41) is 0. The van der Waals surface area contributed by atoms with Gasteiger partial charge in [0.2, 0.25) is 0 Å². The predicted molar refractivity (Wildman–Crippen MR) is 46.5 cm³/mol. The van der Waals surface area contributed by atoms with Crippen LogP contribution < -0.4 is 0 Å². The summed E-state index contributed by atoms with van der Waals surface area (Å²) in [5.74, 6) is 0. The van der Waals surface area contributed by atoms with Gasteiger partial charge in [-0.25, -0.2) is 4.21 Å². The Labute approximate surface area is 82.8 Å². The van der Waals surface area contributed by atoms with E-state index in [4.69, 9.17) is 0 Å². The molecule has 1 saturated carbocycles. The maximum Gasteiger partial charge on any atom is 0.508 e. The molecule has 6 heteroatoms. The minimum absolute atomic E-state index is 0.745. The Bertz CT molecular complexity index is 239. The molecule has 1 atom stereocenters. The fraction of sp³-hybridized carbons (Fsp3) is 0.750. The van der Waals surface area contributed by atoms with Gasteiger partial charge >= 0.3 is 16.6 Å². The summed E-state index contributed by atoms with van der Waals surface area (Å²) < 4.78 is 49.8. The second-order valence-electron chi connectivity index (χ2n) is 3.11. The van der Waals surface area contributed by atoms with Gasteiger partial charge in [-0.05, 0) is 31.3 Å². The van der Waals surface area contributed by atoms with Crippen LogP contribution in [0.25, 0.3) is 0 Å². The third-order valence-electron chi connectivity index (χ3n) is 1.99. The van der Waals surface area contributed by atoms with E-state index in [0.717, 1.165) is 43.9 Å². The van der Waals surface area contributed by atoms with Gasteiger partial charge < -0.3 is 4.18 Å². The van der Waals surface area contributed by atoms with Crippen molar-refractivity contribution in [3.05, 3.63) is 11.8 Å². The summed E-state index contributed by atoms with van der Waals surface area (Å²) in [4.78, 5) is 0. The van der Waals surface area contributed by atoms with Crippen molar-refractivity contribution in [1.82, 2.24) is 0 Å². The van der Waals surface area contributed by atoms with Crippen LogP contribution in [0.5, 0.6) is 0 Å². The van der Waals surface area contributed by atoms with Gasteiger partial charge in [-0.2, -0.15) is 13.2 Å². The molecule has 0 aromatic carbocycles. The smallest absolute Gasteiger partial charge is 0.402 e. The van der Waals surface area contributed by atoms with E-state index >= 15 is 0 Å². The Morgan fingerprint density at radius 2 is 1.79 bits per heavy atom. The van der Waals surface area contributed by atoms with Crippen molar-refractivity contribution < 1.29 is 21.6 Å². The average Bonchev–Trinajstić information content (AvgIpc) is 2.14. The summed E-state index contributed by atoms with van der Waals surface area (Å²) in [6, 6.07) is 0. The summed E-state index contributed by atoms with van der Waals surface area (Å²) >= 11 is -3.22. The molecular formula is C8H11F3O2S. The lowest BCUT2D eigenvalue weighted by Gasteiger charge is -2.13. The average molecular weight is 228 g/mol. The third kappa shape index (κ3) is 3.69. The van der Waals surface area contributed by atoms with Gasteiger partial charge in [0, 0.05) is 0 Å². The molecule has 0 bridgehead atoms. The first kappa shape index (κ1) is 11.6. The summed E-state index contributed by atoms with van der Waals surface area (Å²) in [6.07, 6.45) is 5.52. The van der Waals surface area contributed by atoms with Crippen molar-refractivity contribution in [2.75, 3.05) is 0 Å². The number of hydrogen-bond donors (Lipinski definition) is 0. The number of allylic oxidation sites excluding steroid dienone is 1. The fourth-order valence-electron chi connectivity index (χ4n) is 1.29. The number of alkyl halides is 3. The summed E-state index contributed by atoms with van der Waals surface area (Å²) in [7, 11) is 0. The Kier molecular flexibility index (Phi) is 3.97. The lowest BCUT2D eigenvalue weighted by atomic mass is 9.96. The first-order valence-electron chi connectivity index (χ1n) is 4.34. The molecule has 1 fully saturated rings. The SMILES string of the molecule is O=S(OC=C1CCCCC1)C(F)(F)F. The number of rotatable bonds is 2. The normalized spacial score (nSPS) is 20.4. The molecule has 1 rings (SSSR count). The van der Waals surface area contributed by atoms with Crippen LogP contribution in [0, 0.1) is 0 Å². The predicted octanol–water partition coefficient (Wildman–Crippen LogP) is 3.03. The molecule has 0 aromatic heterocycles. The van der Waals surface area contributed by atoms with Gasteiger partial charge in [-0.15, -0.1) is 0 Å². The van der Waals surface area contributed by atoms with Crippen molar-refractivity contribution in [3.8, 4) is 0 Å². The molecule has 14 heavy (non-hydrogen) atoms. The lowest BCUT2D eigenvalue weighted by Crippen LogP contribution is -2.16. The molecule has 82 valence electrons. The molecule has 1 aliphatic rings. The van der Waals surface area contributed by atoms with Crippen LogP contribution in [0.4, 0.5) is 13.2 Å². The topological polar surface area (TPSA) is 26.3 Å². The van der Waals surface area contributed by atoms with Crippen LogP contribution in [0.15, 0.2) is 11.8 Å². The molecule has 1 aliphatic carbocycles. The minimum Gasteiger partial charge on any atom is -0.402 e. The maximum atomic E-state index is 11.7. The standard InChI is InChI=1S/C8H11F3O2S/c9-8(10,11)14(12)13-6-7-4-2-1-3-5-7/h6H,1-5H2. The molecule has 0 saturated heterocycles. The molecular weight excluding hydrogens is 217 g/mol. The van der Waals surface area contributed by atoms with Gasteiger partial charge in [-0.1, -0.05) is 6.42 Å². The Morgan fingerprint density at radius 3 is 2.29 bits per heavy atom. The van der Waals surface area contributed by atoms with Crippen molar-refractivity contribution in [2.24, 2.45) is 0 Å². The Morgan fingerprint density at radius 1 is 1.21 bits per heavy atom. The molecule has 0 aliphatic heterocycles. The zero-order chi connectivity index (χ0) is 10.6. The van der Waals surface area contributed by atoms with Gasteiger partial charge in [0.1, 0.15) is 6.26 Å². The highest BCUT2D eigenvalue weighted by molar-refractivity contribution is 7.81. The van der Waals surface area contributed by atoms with E-state index in [1.165, 1.54) is 0 Å². The lowest BCUT2D eigenvalue weighted by molar-refractivity contribution is -0.0450. The van der Waals surface area contributed by atoms with Crippen LogP contribution >= 0.6 is 0 Å². The largest absolute Gasteiger partial charge is 0.508 e. The molecule has 0 radical (unpaired) electrons. The van der Waals surface area contributed by atoms with Crippen LogP contribution in [-0.2, 0) is 15.3 Å². The Hall–Kier alpha value is -0.520. The zero-order valence-corrected chi connectivity index (χ0v) is 8.29. The van der Waals surface area contributed by atoms with E-state index in [9.17, 15) is 17.4 Å². The van der Waals surface area contributed by atoms with E-state index in [2.05, 4.69) is 4.18 Å². The van der Waals surface area contributed by atoms with E-state index in [1.807, 2.05) is 0 Å². The molecule has 0 amide bonds. The van der Waals surface area contributed by atoms with Crippen molar-refractivity contribution in [2.45, 2.75) is 37.6 Å². The maximum absolute atomic E-state index is 11.7. The van der Waals surface area contributed by atoms with Crippen molar-refractivity contribution in [3.63, 3.8) is 0 Å². The van der Waals surface area contributed by atoms with Crippen LogP contribution in [-0.4, -0.2) is 9.72 Å². The van der Waals surface area contributed by atoms with Crippen LogP contribution in [0.2, 0.25) is 0 Å². The van der Waals surface area contributed by atoms with Crippen molar-refractivity contribution >= 4 is 11.1 Å². The quantitative estimate of drug-likeness (QED) is 0.679.